The first-order chi connectivity index (χ1) is 17.4. The zero-order valence-electron chi connectivity index (χ0n) is 20.3. The Balaban J connectivity index is 1.77. The molecule has 0 amide bonds. The molecule has 1 unspecified atom stereocenters. The van der Waals surface area contributed by atoms with E-state index in [1.54, 1.807) is 0 Å². The lowest BCUT2D eigenvalue weighted by atomic mass is 10.0. The second-order valence-electron chi connectivity index (χ2n) is 9.46. The van der Waals surface area contributed by atoms with E-state index in [0.29, 0.717) is 45.1 Å². The monoisotopic (exact) mass is 537 g/mol. The van der Waals surface area contributed by atoms with E-state index in [1.807, 2.05) is 29.2 Å². The van der Waals surface area contributed by atoms with Crippen molar-refractivity contribution in [3.8, 4) is 0 Å². The summed E-state index contributed by atoms with van der Waals surface area (Å²) in [6, 6.07) is 9.10. The van der Waals surface area contributed by atoms with Gasteiger partial charge >= 0.3 is 6.18 Å². The fraction of sp³-hybridized carbons (Fsp3) is 0.440. The number of rotatable bonds is 5. The summed E-state index contributed by atoms with van der Waals surface area (Å²) in [7, 11) is -4.00. The van der Waals surface area contributed by atoms with Gasteiger partial charge in [0.1, 0.15) is 6.10 Å². The first-order valence-electron chi connectivity index (χ1n) is 11.9. The average molecular weight is 538 g/mol. The molecule has 0 bridgehead atoms. The summed E-state index contributed by atoms with van der Waals surface area (Å²) in [5, 5.41) is -0.235. The van der Waals surface area contributed by atoms with Crippen LogP contribution in [-0.2, 0) is 38.3 Å². The van der Waals surface area contributed by atoms with Gasteiger partial charge in [-0.3, -0.25) is 13.5 Å². The maximum absolute atomic E-state index is 13.9. The van der Waals surface area contributed by atoms with Gasteiger partial charge in [-0.1, -0.05) is 24.3 Å². The minimum atomic E-state index is -4.76. The molecule has 1 aromatic heterocycles. The molecule has 2 aromatic carbocycles. The van der Waals surface area contributed by atoms with E-state index in [-0.39, 0.29) is 22.5 Å². The minimum absolute atomic E-state index is 0.0107. The molecule has 37 heavy (non-hydrogen) atoms. The van der Waals surface area contributed by atoms with E-state index in [9.17, 15) is 26.4 Å². The maximum atomic E-state index is 13.9. The third-order valence-electron chi connectivity index (χ3n) is 6.78. The molecular weight excluding hydrogens is 511 g/mol. The highest BCUT2D eigenvalue weighted by Gasteiger charge is 2.35. The Kier molecular flexibility index (Phi) is 6.53. The molecule has 1 fully saturated rings. The van der Waals surface area contributed by atoms with Crippen LogP contribution in [0, 0.1) is 0 Å². The fourth-order valence-electron chi connectivity index (χ4n) is 5.08. The molecule has 3 aromatic rings. The highest BCUT2D eigenvalue weighted by Crippen LogP contribution is 2.37. The van der Waals surface area contributed by atoms with Crippen LogP contribution in [0.2, 0.25) is 0 Å². The number of halogens is 3. The van der Waals surface area contributed by atoms with Crippen LogP contribution in [-0.4, -0.2) is 37.4 Å². The van der Waals surface area contributed by atoms with Crippen molar-refractivity contribution in [3.05, 3.63) is 69.0 Å². The van der Waals surface area contributed by atoms with Crippen molar-refractivity contribution in [1.29, 1.82) is 0 Å². The number of ether oxygens (including phenoxy) is 1. The highest BCUT2D eigenvalue weighted by atomic mass is 32.2. The quantitative estimate of drug-likeness (QED) is 0.448. The predicted molar refractivity (Wildman–Crippen MR) is 131 cm³/mol. The number of nitrogens with zero attached hydrogens (tertiary/aromatic N) is 3. The van der Waals surface area contributed by atoms with Gasteiger partial charge in [0.05, 0.1) is 22.7 Å². The number of benzene rings is 2. The Bertz CT molecular complexity index is 1490. The smallest absolute Gasteiger partial charge is 0.381 e. The second-order valence-corrected chi connectivity index (χ2v) is 11.1. The summed E-state index contributed by atoms with van der Waals surface area (Å²) >= 11 is 0. The summed E-state index contributed by atoms with van der Waals surface area (Å²) in [5.74, 6) is 0.327. The summed E-state index contributed by atoms with van der Waals surface area (Å²) in [6.45, 7) is 3.11. The standard InChI is InChI=1S/C25H26F3N3O5S/c1-15(36-37(2,33)34)20-11-18(25(26,27)28)12-21-22(20)29-24(30-13-16-5-3-4-6-17(16)14-30)31(23(21)32)19-7-9-35-10-8-19/h3-6,11-12,15,19H,7-10,13-14H2,1-2H3. The summed E-state index contributed by atoms with van der Waals surface area (Å²) < 4.78 is 77.1. The van der Waals surface area contributed by atoms with Crippen LogP contribution in [0.4, 0.5) is 19.1 Å². The van der Waals surface area contributed by atoms with Crippen molar-refractivity contribution >= 4 is 27.0 Å². The van der Waals surface area contributed by atoms with E-state index in [2.05, 4.69) is 0 Å². The predicted octanol–water partition coefficient (Wildman–Crippen LogP) is 4.32. The molecule has 8 nitrogen and oxygen atoms in total. The third kappa shape index (κ3) is 5.10. The van der Waals surface area contributed by atoms with Gasteiger partial charge in [0.25, 0.3) is 15.7 Å². The van der Waals surface area contributed by atoms with Gasteiger partial charge in [0.2, 0.25) is 5.95 Å². The largest absolute Gasteiger partial charge is 0.416 e. The molecule has 5 rings (SSSR count). The molecule has 1 atom stereocenters. The minimum Gasteiger partial charge on any atom is -0.381 e. The zero-order chi connectivity index (χ0) is 26.5. The normalized spacial score (nSPS) is 17.8. The van der Waals surface area contributed by atoms with Crippen molar-refractivity contribution in [2.45, 2.75) is 51.2 Å². The summed E-state index contributed by atoms with van der Waals surface area (Å²) in [5.41, 5.74) is 0.320. The van der Waals surface area contributed by atoms with E-state index in [1.165, 1.54) is 11.5 Å². The lowest BCUT2D eigenvalue weighted by Crippen LogP contribution is -2.35. The SMILES string of the molecule is CC(OS(C)(=O)=O)c1cc(C(F)(F)F)cc2c(=O)n(C3CCOCC3)c(N3Cc4ccccc4C3)nc12. The Morgan fingerprint density at radius 3 is 2.30 bits per heavy atom. The third-order valence-corrected chi connectivity index (χ3v) is 7.42. The molecular formula is C25H26F3N3O5S. The first kappa shape index (κ1) is 25.7. The molecule has 0 saturated carbocycles. The van der Waals surface area contributed by atoms with Crippen LogP contribution < -0.4 is 10.5 Å². The van der Waals surface area contributed by atoms with E-state index in [4.69, 9.17) is 13.9 Å². The van der Waals surface area contributed by atoms with E-state index >= 15 is 0 Å². The molecule has 0 radical (unpaired) electrons. The van der Waals surface area contributed by atoms with Crippen molar-refractivity contribution in [2.75, 3.05) is 24.4 Å². The number of fused-ring (bicyclic) bond motifs is 2. The highest BCUT2D eigenvalue weighted by molar-refractivity contribution is 7.86. The molecule has 0 N–H and O–H groups in total. The maximum Gasteiger partial charge on any atom is 0.416 e. The van der Waals surface area contributed by atoms with Gasteiger partial charge < -0.3 is 9.64 Å². The van der Waals surface area contributed by atoms with Crippen molar-refractivity contribution in [3.63, 3.8) is 0 Å². The lowest BCUT2D eigenvalue weighted by molar-refractivity contribution is -0.137. The molecule has 0 aliphatic carbocycles. The average Bonchev–Trinajstić information content (AvgIpc) is 3.26. The number of aromatic nitrogens is 2. The second kappa shape index (κ2) is 9.41. The molecule has 2 aliphatic heterocycles. The van der Waals surface area contributed by atoms with Gasteiger partial charge in [0.15, 0.2) is 0 Å². The lowest BCUT2D eigenvalue weighted by Gasteiger charge is -2.30. The van der Waals surface area contributed by atoms with Crippen LogP contribution in [0.3, 0.4) is 0 Å². The van der Waals surface area contributed by atoms with Gasteiger partial charge in [0, 0.05) is 37.9 Å². The van der Waals surface area contributed by atoms with Crippen molar-refractivity contribution in [2.24, 2.45) is 0 Å². The summed E-state index contributed by atoms with van der Waals surface area (Å²) in [6.07, 6.45) is -4.22. The molecule has 3 heterocycles. The van der Waals surface area contributed by atoms with Gasteiger partial charge in [-0.25, -0.2) is 4.98 Å². The van der Waals surface area contributed by atoms with E-state index in [0.717, 1.165) is 29.5 Å². The van der Waals surface area contributed by atoms with E-state index < -0.39 is 33.5 Å². The Labute approximate surface area is 211 Å². The molecule has 1 saturated heterocycles. The van der Waals surface area contributed by atoms with Crippen molar-refractivity contribution < 1.29 is 30.5 Å². The van der Waals surface area contributed by atoms with Crippen LogP contribution >= 0.6 is 0 Å². The van der Waals surface area contributed by atoms with Crippen LogP contribution in [0.25, 0.3) is 10.9 Å². The topological polar surface area (TPSA) is 90.7 Å². The Hall–Kier alpha value is -2.96. The molecule has 2 aliphatic rings. The Morgan fingerprint density at radius 2 is 1.73 bits per heavy atom. The number of alkyl halides is 3. The molecule has 198 valence electrons. The van der Waals surface area contributed by atoms with Crippen LogP contribution in [0.1, 0.15) is 54.2 Å². The van der Waals surface area contributed by atoms with Crippen LogP contribution in [0.15, 0.2) is 41.2 Å². The first-order valence-corrected chi connectivity index (χ1v) is 13.7. The fourth-order valence-corrected chi connectivity index (χ4v) is 5.70. The van der Waals surface area contributed by atoms with Gasteiger partial charge in [-0.2, -0.15) is 21.6 Å². The Morgan fingerprint density at radius 1 is 1.11 bits per heavy atom. The van der Waals surface area contributed by atoms with Gasteiger partial charge in [-0.05, 0) is 43.0 Å². The van der Waals surface area contributed by atoms with Crippen LogP contribution in [0.5, 0.6) is 0 Å². The van der Waals surface area contributed by atoms with Crippen molar-refractivity contribution in [1.82, 2.24) is 9.55 Å². The number of hydrogen-bond acceptors (Lipinski definition) is 7. The zero-order valence-corrected chi connectivity index (χ0v) is 21.1. The molecule has 12 heteroatoms. The van der Waals surface area contributed by atoms with Gasteiger partial charge in [-0.15, -0.1) is 0 Å². The molecule has 0 spiro atoms. The number of anilines is 1. The number of hydrogen-bond donors (Lipinski definition) is 0. The summed E-state index contributed by atoms with van der Waals surface area (Å²) in [4.78, 5) is 20.6.